The molecule has 1 aliphatic heterocycles. The lowest BCUT2D eigenvalue weighted by Gasteiger charge is -2.24. The molecule has 172 valence electrons. The largest absolute Gasteiger partial charge is 0.357 e. The van der Waals surface area contributed by atoms with E-state index in [2.05, 4.69) is 26.3 Å². The molecule has 1 aliphatic rings. The van der Waals surface area contributed by atoms with Gasteiger partial charge in [-0.05, 0) is 49.2 Å². The zero-order valence-corrected chi connectivity index (χ0v) is 21.1. The molecule has 7 nitrogen and oxygen atoms in total. The van der Waals surface area contributed by atoms with Gasteiger partial charge in [0.05, 0.1) is 6.54 Å². The second-order valence-electron chi connectivity index (χ2n) is 7.34. The van der Waals surface area contributed by atoms with Crippen molar-refractivity contribution in [1.29, 1.82) is 0 Å². The Bertz CT molecular complexity index is 936. The topological polar surface area (TPSA) is 94.6 Å². The van der Waals surface area contributed by atoms with Crippen molar-refractivity contribution < 1.29 is 9.59 Å². The smallest absolute Gasteiger partial charge is 0.225 e. The van der Waals surface area contributed by atoms with Gasteiger partial charge in [0.25, 0.3) is 0 Å². The molecule has 32 heavy (non-hydrogen) atoms. The molecule has 0 fully saturated rings. The Morgan fingerprint density at radius 3 is 2.66 bits per heavy atom. The van der Waals surface area contributed by atoms with Crippen molar-refractivity contribution in [2.75, 3.05) is 30.3 Å². The van der Waals surface area contributed by atoms with Gasteiger partial charge in [0, 0.05) is 48.2 Å². The molecule has 0 aromatic heterocycles. The second kappa shape index (κ2) is 13.3. The lowest BCUT2D eigenvalue weighted by molar-refractivity contribution is -0.117. The number of guanidine groups is 1. The van der Waals surface area contributed by atoms with Crippen LogP contribution in [-0.4, -0.2) is 37.4 Å². The number of halogens is 2. The highest BCUT2D eigenvalue weighted by molar-refractivity contribution is 14.0. The van der Waals surface area contributed by atoms with E-state index in [1.54, 1.807) is 24.3 Å². The fourth-order valence-electron chi connectivity index (χ4n) is 3.42. The summed E-state index contributed by atoms with van der Waals surface area (Å²) in [6.45, 7) is 3.85. The number of hydrogen-bond donors (Lipinski definition) is 4. The third-order valence-corrected chi connectivity index (χ3v) is 5.17. The van der Waals surface area contributed by atoms with E-state index in [0.717, 1.165) is 23.5 Å². The fraction of sp³-hybridized carbons (Fsp3) is 0.348. The van der Waals surface area contributed by atoms with E-state index < -0.39 is 0 Å². The summed E-state index contributed by atoms with van der Waals surface area (Å²) in [6, 6.07) is 14.9. The number of benzene rings is 2. The van der Waals surface area contributed by atoms with E-state index in [9.17, 15) is 9.59 Å². The SMILES string of the molecule is CCNC(=NCC1CC(=O)Nc2ccccc21)NCCCC(=O)Nc1ccc(Cl)cc1.I. The Morgan fingerprint density at radius 2 is 1.91 bits per heavy atom. The van der Waals surface area contributed by atoms with Crippen LogP contribution in [0.3, 0.4) is 0 Å². The maximum Gasteiger partial charge on any atom is 0.225 e. The van der Waals surface area contributed by atoms with E-state index in [4.69, 9.17) is 11.6 Å². The molecule has 1 heterocycles. The van der Waals surface area contributed by atoms with Crippen LogP contribution >= 0.6 is 35.6 Å². The zero-order chi connectivity index (χ0) is 22.1. The number of carbonyl (C=O) groups is 2. The molecule has 2 aromatic rings. The van der Waals surface area contributed by atoms with E-state index in [-0.39, 0.29) is 41.7 Å². The number of para-hydroxylation sites is 1. The van der Waals surface area contributed by atoms with Gasteiger partial charge in [0.2, 0.25) is 11.8 Å². The maximum absolute atomic E-state index is 12.1. The fourth-order valence-corrected chi connectivity index (χ4v) is 3.55. The molecular formula is C23H29ClIN5O2. The molecule has 0 saturated carbocycles. The van der Waals surface area contributed by atoms with Crippen molar-refractivity contribution in [3.63, 3.8) is 0 Å². The van der Waals surface area contributed by atoms with Crippen LogP contribution in [0.5, 0.6) is 0 Å². The van der Waals surface area contributed by atoms with E-state index in [1.165, 1.54) is 0 Å². The number of aliphatic imine (C=N–C) groups is 1. The maximum atomic E-state index is 12.1. The minimum absolute atomic E-state index is 0. The molecule has 2 aromatic carbocycles. The summed E-state index contributed by atoms with van der Waals surface area (Å²) in [7, 11) is 0. The normalized spacial score (nSPS) is 15.1. The van der Waals surface area contributed by atoms with Gasteiger partial charge in [-0.1, -0.05) is 29.8 Å². The van der Waals surface area contributed by atoms with Gasteiger partial charge in [0.15, 0.2) is 5.96 Å². The van der Waals surface area contributed by atoms with Gasteiger partial charge in [-0.25, -0.2) is 0 Å². The highest BCUT2D eigenvalue weighted by Crippen LogP contribution is 2.31. The summed E-state index contributed by atoms with van der Waals surface area (Å²) in [5.74, 6) is 0.703. The van der Waals surface area contributed by atoms with Crippen LogP contribution in [0.25, 0.3) is 0 Å². The molecular weight excluding hydrogens is 541 g/mol. The van der Waals surface area contributed by atoms with Crippen molar-refractivity contribution in [3.05, 3.63) is 59.1 Å². The van der Waals surface area contributed by atoms with Crippen LogP contribution in [-0.2, 0) is 9.59 Å². The molecule has 0 aliphatic carbocycles. The minimum Gasteiger partial charge on any atom is -0.357 e. The quantitative estimate of drug-likeness (QED) is 0.165. The Kier molecular flexibility index (Phi) is 10.8. The molecule has 2 amide bonds. The molecule has 0 radical (unpaired) electrons. The summed E-state index contributed by atoms with van der Waals surface area (Å²) in [6.07, 6.45) is 1.48. The van der Waals surface area contributed by atoms with E-state index in [1.807, 2.05) is 31.2 Å². The van der Waals surface area contributed by atoms with Gasteiger partial charge < -0.3 is 21.3 Å². The Labute approximate surface area is 210 Å². The van der Waals surface area contributed by atoms with Crippen molar-refractivity contribution in [2.45, 2.75) is 32.1 Å². The summed E-state index contributed by atoms with van der Waals surface area (Å²) in [5.41, 5.74) is 2.71. The lowest BCUT2D eigenvalue weighted by atomic mass is 9.91. The van der Waals surface area contributed by atoms with Crippen molar-refractivity contribution >= 4 is 64.7 Å². The summed E-state index contributed by atoms with van der Waals surface area (Å²) in [4.78, 5) is 28.8. The van der Waals surface area contributed by atoms with Crippen molar-refractivity contribution in [1.82, 2.24) is 10.6 Å². The highest BCUT2D eigenvalue weighted by Gasteiger charge is 2.24. The van der Waals surface area contributed by atoms with Crippen LogP contribution in [0.4, 0.5) is 11.4 Å². The second-order valence-corrected chi connectivity index (χ2v) is 7.78. The first-order valence-corrected chi connectivity index (χ1v) is 10.9. The van der Waals surface area contributed by atoms with E-state index >= 15 is 0 Å². The number of hydrogen-bond acceptors (Lipinski definition) is 3. The first-order chi connectivity index (χ1) is 15.0. The van der Waals surface area contributed by atoms with Crippen LogP contribution in [0.1, 0.15) is 37.7 Å². The number of rotatable bonds is 8. The monoisotopic (exact) mass is 569 g/mol. The predicted molar refractivity (Wildman–Crippen MR) is 141 cm³/mol. The number of amides is 2. The van der Waals surface area contributed by atoms with Crippen LogP contribution < -0.4 is 21.3 Å². The van der Waals surface area contributed by atoms with E-state index in [0.29, 0.717) is 43.3 Å². The van der Waals surface area contributed by atoms with Gasteiger partial charge in [0.1, 0.15) is 0 Å². The molecule has 0 spiro atoms. The molecule has 0 saturated heterocycles. The van der Waals surface area contributed by atoms with Gasteiger partial charge in [-0.15, -0.1) is 24.0 Å². The first-order valence-electron chi connectivity index (χ1n) is 10.5. The molecule has 9 heteroatoms. The number of fused-ring (bicyclic) bond motifs is 1. The zero-order valence-electron chi connectivity index (χ0n) is 18.0. The van der Waals surface area contributed by atoms with Crippen LogP contribution in [0, 0.1) is 0 Å². The number of carbonyl (C=O) groups excluding carboxylic acids is 2. The average molecular weight is 570 g/mol. The first kappa shape index (κ1) is 25.9. The lowest BCUT2D eigenvalue weighted by Crippen LogP contribution is -2.38. The summed E-state index contributed by atoms with van der Waals surface area (Å²) < 4.78 is 0. The molecule has 3 rings (SSSR count). The highest BCUT2D eigenvalue weighted by atomic mass is 127. The number of nitrogens with zero attached hydrogens (tertiary/aromatic N) is 1. The third-order valence-electron chi connectivity index (χ3n) is 4.92. The number of anilines is 2. The third kappa shape index (κ3) is 7.98. The molecule has 1 unspecified atom stereocenters. The van der Waals surface area contributed by atoms with Crippen LogP contribution in [0.15, 0.2) is 53.5 Å². The average Bonchev–Trinajstić information content (AvgIpc) is 2.76. The Balaban J connectivity index is 0.00000363. The van der Waals surface area contributed by atoms with Crippen molar-refractivity contribution in [2.24, 2.45) is 4.99 Å². The number of nitrogens with one attached hydrogen (secondary N) is 4. The molecule has 0 bridgehead atoms. The summed E-state index contributed by atoms with van der Waals surface area (Å²) in [5, 5.41) is 12.9. The Hall–Kier alpha value is -2.33. The van der Waals surface area contributed by atoms with Gasteiger partial charge in [-0.2, -0.15) is 0 Å². The predicted octanol–water partition coefficient (Wildman–Crippen LogP) is 4.36. The van der Waals surface area contributed by atoms with Crippen molar-refractivity contribution in [3.8, 4) is 0 Å². The molecule has 4 N–H and O–H groups in total. The van der Waals surface area contributed by atoms with Crippen LogP contribution in [0.2, 0.25) is 5.02 Å². The Morgan fingerprint density at radius 1 is 1.16 bits per heavy atom. The standard InChI is InChI=1S/C23H28ClN5O2.HI/c1-2-25-23(26-13-5-8-21(30)28-18-11-9-17(24)10-12-18)27-15-16-14-22(31)29-20-7-4-3-6-19(16)20;/h3-4,6-7,9-12,16H,2,5,8,13-15H2,1H3,(H,28,30)(H,29,31)(H2,25,26,27);1H. The van der Waals surface area contributed by atoms with Gasteiger partial charge >= 0.3 is 0 Å². The summed E-state index contributed by atoms with van der Waals surface area (Å²) >= 11 is 5.86. The minimum atomic E-state index is -0.0455. The van der Waals surface area contributed by atoms with Gasteiger partial charge in [-0.3, -0.25) is 14.6 Å². The molecule has 1 atom stereocenters.